The molecule has 2 N–H and O–H groups in total. The van der Waals surface area contributed by atoms with Crippen LogP contribution in [0.4, 0.5) is 5.69 Å². The summed E-state index contributed by atoms with van der Waals surface area (Å²) in [5.41, 5.74) is 6.16. The molecule has 0 aromatic heterocycles. The molecule has 1 unspecified atom stereocenters. The van der Waals surface area contributed by atoms with E-state index in [9.17, 15) is 14.9 Å². The monoisotopic (exact) mass is 299 g/mol. The minimum absolute atomic E-state index is 0. The zero-order chi connectivity index (χ0) is 14.0. The summed E-state index contributed by atoms with van der Waals surface area (Å²) in [6, 6.07) is 5.70. The molecule has 0 saturated carbocycles. The van der Waals surface area contributed by atoms with Gasteiger partial charge in [0.05, 0.1) is 4.92 Å². The Hall–Kier alpha value is -1.66. The van der Waals surface area contributed by atoms with Crippen LogP contribution in [0.5, 0.6) is 0 Å². The number of rotatable bonds is 3. The van der Waals surface area contributed by atoms with Crippen LogP contribution in [-0.2, 0) is 0 Å². The second kappa shape index (κ2) is 6.19. The zero-order valence-electron chi connectivity index (χ0n) is 11.2. The van der Waals surface area contributed by atoms with E-state index in [2.05, 4.69) is 6.92 Å². The Morgan fingerprint density at radius 1 is 1.45 bits per heavy atom. The molecule has 0 radical (unpaired) electrons. The van der Waals surface area contributed by atoms with Crippen LogP contribution in [-0.4, -0.2) is 35.4 Å². The molecule has 1 heterocycles. The molecule has 1 aliphatic rings. The number of carbonyl (C=O) groups is 1. The van der Waals surface area contributed by atoms with Crippen molar-refractivity contribution < 1.29 is 9.72 Å². The molecule has 0 bridgehead atoms. The molecular weight excluding hydrogens is 282 g/mol. The predicted molar refractivity (Wildman–Crippen MR) is 78.0 cm³/mol. The average molecular weight is 300 g/mol. The van der Waals surface area contributed by atoms with E-state index in [1.54, 1.807) is 4.90 Å². The molecule has 1 aromatic rings. The molecule has 1 saturated heterocycles. The van der Waals surface area contributed by atoms with Crippen LogP contribution in [0.15, 0.2) is 24.3 Å². The Balaban J connectivity index is 0.00000200. The van der Waals surface area contributed by atoms with E-state index in [1.807, 2.05) is 0 Å². The number of amides is 1. The Morgan fingerprint density at radius 3 is 2.50 bits per heavy atom. The lowest BCUT2D eigenvalue weighted by molar-refractivity contribution is -0.384. The number of likely N-dealkylation sites (tertiary alicyclic amines) is 1. The van der Waals surface area contributed by atoms with Crippen LogP contribution in [0.2, 0.25) is 0 Å². The lowest BCUT2D eigenvalue weighted by atomic mass is 9.90. The summed E-state index contributed by atoms with van der Waals surface area (Å²) < 4.78 is 0. The lowest BCUT2D eigenvalue weighted by Gasteiger charge is -2.22. The number of nitrogens with two attached hydrogens (primary N) is 1. The Labute approximate surface area is 123 Å². The van der Waals surface area contributed by atoms with Crippen molar-refractivity contribution >= 4 is 24.0 Å². The predicted octanol–water partition coefficient (Wildman–Crippen LogP) is 1.83. The number of hydrogen-bond acceptors (Lipinski definition) is 4. The van der Waals surface area contributed by atoms with E-state index < -0.39 is 4.92 Å². The van der Waals surface area contributed by atoms with Crippen molar-refractivity contribution in [3.8, 4) is 0 Å². The maximum Gasteiger partial charge on any atom is 0.269 e. The second-order valence-electron chi connectivity index (χ2n) is 5.30. The van der Waals surface area contributed by atoms with Gasteiger partial charge in [0.1, 0.15) is 0 Å². The van der Waals surface area contributed by atoms with Crippen LogP contribution < -0.4 is 5.73 Å². The summed E-state index contributed by atoms with van der Waals surface area (Å²) in [6.45, 7) is 3.94. The van der Waals surface area contributed by atoms with Gasteiger partial charge in [-0.1, -0.05) is 6.92 Å². The summed E-state index contributed by atoms with van der Waals surface area (Å²) in [6.07, 6.45) is 0.891. The van der Waals surface area contributed by atoms with Gasteiger partial charge < -0.3 is 10.6 Å². The number of nitro benzene ring substituents is 1. The van der Waals surface area contributed by atoms with Gasteiger partial charge in [0, 0.05) is 30.8 Å². The number of carbonyl (C=O) groups excluding carboxylic acids is 1. The minimum Gasteiger partial charge on any atom is -0.338 e. The van der Waals surface area contributed by atoms with Crippen molar-refractivity contribution in [2.75, 3.05) is 19.6 Å². The first-order valence-corrected chi connectivity index (χ1v) is 6.19. The Bertz CT molecular complexity index is 506. The summed E-state index contributed by atoms with van der Waals surface area (Å²) in [4.78, 5) is 24.1. The van der Waals surface area contributed by atoms with Crippen LogP contribution in [0.1, 0.15) is 23.7 Å². The van der Waals surface area contributed by atoms with Gasteiger partial charge in [-0.25, -0.2) is 0 Å². The molecule has 20 heavy (non-hydrogen) atoms. The van der Waals surface area contributed by atoms with E-state index in [0.29, 0.717) is 25.2 Å². The Morgan fingerprint density at radius 2 is 2.05 bits per heavy atom. The van der Waals surface area contributed by atoms with Crippen molar-refractivity contribution in [3.05, 3.63) is 39.9 Å². The largest absolute Gasteiger partial charge is 0.338 e. The minimum atomic E-state index is -0.477. The highest BCUT2D eigenvalue weighted by Crippen LogP contribution is 2.29. The third-order valence-electron chi connectivity index (χ3n) is 3.66. The van der Waals surface area contributed by atoms with Gasteiger partial charge >= 0.3 is 0 Å². The highest BCUT2D eigenvalue weighted by molar-refractivity contribution is 5.94. The van der Waals surface area contributed by atoms with Gasteiger partial charge in [-0.15, -0.1) is 12.4 Å². The molecule has 2 rings (SSSR count). The standard InChI is InChI=1S/C13H17N3O3.ClH/c1-13(8-14)6-7-15(9-13)12(17)10-2-4-11(5-3-10)16(18)19;/h2-5H,6-9,14H2,1H3;1H. The third-order valence-corrected chi connectivity index (χ3v) is 3.66. The van der Waals surface area contributed by atoms with Crippen LogP contribution >= 0.6 is 12.4 Å². The van der Waals surface area contributed by atoms with Crippen molar-refractivity contribution in [3.63, 3.8) is 0 Å². The fourth-order valence-electron chi connectivity index (χ4n) is 2.27. The van der Waals surface area contributed by atoms with Gasteiger partial charge in [0.2, 0.25) is 0 Å². The van der Waals surface area contributed by atoms with Gasteiger partial charge in [-0.3, -0.25) is 14.9 Å². The highest BCUT2D eigenvalue weighted by atomic mass is 35.5. The van der Waals surface area contributed by atoms with E-state index in [-0.39, 0.29) is 29.4 Å². The number of hydrogen-bond donors (Lipinski definition) is 1. The number of nitro groups is 1. The number of non-ortho nitro benzene ring substituents is 1. The fraction of sp³-hybridized carbons (Fsp3) is 0.462. The molecule has 7 heteroatoms. The first-order chi connectivity index (χ1) is 8.95. The zero-order valence-corrected chi connectivity index (χ0v) is 12.1. The normalized spacial score (nSPS) is 21.4. The summed E-state index contributed by atoms with van der Waals surface area (Å²) in [7, 11) is 0. The van der Waals surface area contributed by atoms with Gasteiger partial charge in [0.15, 0.2) is 0 Å². The van der Waals surface area contributed by atoms with Crippen LogP contribution in [0.3, 0.4) is 0 Å². The second-order valence-corrected chi connectivity index (χ2v) is 5.30. The molecule has 1 atom stereocenters. The van der Waals surface area contributed by atoms with Crippen molar-refractivity contribution in [1.29, 1.82) is 0 Å². The number of halogens is 1. The van der Waals surface area contributed by atoms with Crippen molar-refractivity contribution in [2.24, 2.45) is 11.1 Å². The molecule has 110 valence electrons. The number of nitrogens with zero attached hydrogens (tertiary/aromatic N) is 2. The van der Waals surface area contributed by atoms with Crippen LogP contribution in [0, 0.1) is 15.5 Å². The molecule has 0 spiro atoms. The van der Waals surface area contributed by atoms with E-state index in [1.165, 1.54) is 24.3 Å². The molecule has 1 aliphatic heterocycles. The first kappa shape index (κ1) is 16.4. The van der Waals surface area contributed by atoms with Crippen molar-refractivity contribution in [2.45, 2.75) is 13.3 Å². The third kappa shape index (κ3) is 3.26. The van der Waals surface area contributed by atoms with Gasteiger partial charge in [-0.05, 0) is 30.5 Å². The maximum atomic E-state index is 12.2. The molecule has 6 nitrogen and oxygen atoms in total. The van der Waals surface area contributed by atoms with Crippen LogP contribution in [0.25, 0.3) is 0 Å². The number of benzene rings is 1. The first-order valence-electron chi connectivity index (χ1n) is 6.19. The summed E-state index contributed by atoms with van der Waals surface area (Å²) in [5, 5.41) is 10.6. The van der Waals surface area contributed by atoms with E-state index >= 15 is 0 Å². The van der Waals surface area contributed by atoms with E-state index in [0.717, 1.165) is 6.42 Å². The lowest BCUT2D eigenvalue weighted by Crippen LogP contribution is -2.34. The van der Waals surface area contributed by atoms with Gasteiger partial charge in [0.25, 0.3) is 11.6 Å². The smallest absolute Gasteiger partial charge is 0.269 e. The molecule has 1 aromatic carbocycles. The fourth-order valence-corrected chi connectivity index (χ4v) is 2.27. The van der Waals surface area contributed by atoms with Gasteiger partial charge in [-0.2, -0.15) is 0 Å². The highest BCUT2D eigenvalue weighted by Gasteiger charge is 2.35. The van der Waals surface area contributed by atoms with E-state index in [4.69, 9.17) is 5.73 Å². The van der Waals surface area contributed by atoms with Crippen molar-refractivity contribution in [1.82, 2.24) is 4.90 Å². The summed E-state index contributed by atoms with van der Waals surface area (Å²) in [5.74, 6) is -0.0907. The quantitative estimate of drug-likeness (QED) is 0.681. The molecule has 1 amide bonds. The molecule has 1 fully saturated rings. The molecule has 0 aliphatic carbocycles. The Kier molecular flexibility index (Phi) is 5.08. The topological polar surface area (TPSA) is 89.5 Å². The average Bonchev–Trinajstić information content (AvgIpc) is 2.81. The SMILES string of the molecule is CC1(CN)CCN(C(=O)c2ccc([N+](=O)[O-])cc2)C1.Cl. The molecular formula is C13H18ClN3O3. The summed E-state index contributed by atoms with van der Waals surface area (Å²) >= 11 is 0. The maximum absolute atomic E-state index is 12.2.